The van der Waals surface area contributed by atoms with E-state index >= 15 is 0 Å². The number of halogens is 3. The predicted molar refractivity (Wildman–Crippen MR) is 170 cm³/mol. The highest BCUT2D eigenvalue weighted by atomic mass is 32.2. The number of benzene rings is 1. The molecule has 0 aliphatic carbocycles. The number of piperidine rings is 1. The van der Waals surface area contributed by atoms with Gasteiger partial charge in [-0.2, -0.15) is 23.4 Å². The molecule has 2 aromatic heterocycles. The molecule has 0 N–H and O–H groups in total. The van der Waals surface area contributed by atoms with E-state index in [0.29, 0.717) is 48.3 Å². The maximum absolute atomic E-state index is 14.4. The number of hydrogen-bond acceptors (Lipinski definition) is 9. The van der Waals surface area contributed by atoms with Crippen molar-refractivity contribution in [1.29, 1.82) is 5.26 Å². The van der Waals surface area contributed by atoms with Gasteiger partial charge in [0.25, 0.3) is 0 Å². The molecule has 3 atom stereocenters. The Morgan fingerprint density at radius 3 is 2.21 bits per heavy atom. The van der Waals surface area contributed by atoms with Crippen molar-refractivity contribution in [3.63, 3.8) is 0 Å². The molecular weight excluding hydrogens is 635 g/mol. The molecule has 2 saturated heterocycles. The van der Waals surface area contributed by atoms with Crippen LogP contribution in [-0.2, 0) is 27.9 Å². The van der Waals surface area contributed by atoms with E-state index in [-0.39, 0.29) is 49.6 Å². The van der Waals surface area contributed by atoms with E-state index < -0.39 is 38.6 Å². The van der Waals surface area contributed by atoms with Crippen LogP contribution in [0.15, 0.2) is 41.2 Å². The average Bonchev–Trinajstić information content (AvgIpc) is 3.05. The van der Waals surface area contributed by atoms with Gasteiger partial charge < -0.3 is 9.80 Å². The van der Waals surface area contributed by atoms with Gasteiger partial charge in [0.05, 0.1) is 16.3 Å². The maximum Gasteiger partial charge on any atom is 0.416 e. The average molecular weight is 674 g/mol. The van der Waals surface area contributed by atoms with Gasteiger partial charge in [-0.25, -0.2) is 18.2 Å². The Morgan fingerprint density at radius 2 is 1.66 bits per heavy atom. The van der Waals surface area contributed by atoms with Crippen LogP contribution < -0.4 is 10.6 Å². The Bertz CT molecular complexity index is 1850. The van der Waals surface area contributed by atoms with Crippen molar-refractivity contribution < 1.29 is 26.4 Å². The number of alkyl halides is 3. The summed E-state index contributed by atoms with van der Waals surface area (Å²) in [6.45, 7) is 5.02. The van der Waals surface area contributed by atoms with E-state index in [2.05, 4.69) is 9.97 Å². The number of fused-ring (bicyclic) bond motifs is 1. The summed E-state index contributed by atoms with van der Waals surface area (Å²) in [4.78, 5) is 41.8. The number of aromatic nitrogens is 3. The fourth-order valence-corrected chi connectivity index (χ4v) is 7.81. The highest BCUT2D eigenvalue weighted by Crippen LogP contribution is 2.37. The number of pyridine rings is 1. The molecule has 47 heavy (non-hydrogen) atoms. The van der Waals surface area contributed by atoms with Crippen LogP contribution in [0.5, 0.6) is 0 Å². The van der Waals surface area contributed by atoms with Gasteiger partial charge in [0.15, 0.2) is 5.82 Å². The summed E-state index contributed by atoms with van der Waals surface area (Å²) < 4.78 is 66.2. The van der Waals surface area contributed by atoms with Gasteiger partial charge in [0.2, 0.25) is 5.91 Å². The number of anilines is 1. The van der Waals surface area contributed by atoms with Crippen LogP contribution in [0, 0.1) is 11.3 Å². The second-order valence-electron chi connectivity index (χ2n) is 12.3. The zero-order valence-electron chi connectivity index (χ0n) is 26.7. The number of amides is 1. The van der Waals surface area contributed by atoms with Crippen molar-refractivity contribution in [3.8, 4) is 6.07 Å². The molecule has 0 radical (unpaired) electrons. The molecule has 1 aromatic carbocycles. The number of sulfone groups is 1. The molecule has 1 unspecified atom stereocenters. The predicted octanol–water partition coefficient (Wildman–Crippen LogP) is 3.68. The van der Waals surface area contributed by atoms with Crippen LogP contribution >= 0.6 is 0 Å². The first kappa shape index (κ1) is 34.3. The lowest BCUT2D eigenvalue weighted by Crippen LogP contribution is -2.61. The van der Waals surface area contributed by atoms with Crippen LogP contribution in [-0.4, -0.2) is 88.4 Å². The summed E-state index contributed by atoms with van der Waals surface area (Å²) in [6.07, 6.45) is -1.64. The summed E-state index contributed by atoms with van der Waals surface area (Å²) in [5, 5.41) is 8.98. The maximum atomic E-state index is 14.4. The van der Waals surface area contributed by atoms with Gasteiger partial charge in [-0.15, -0.1) is 0 Å². The largest absolute Gasteiger partial charge is 0.416 e. The number of likely N-dealkylation sites (tertiary alicyclic amines) is 1. The van der Waals surface area contributed by atoms with Crippen LogP contribution in [0.2, 0.25) is 0 Å². The molecule has 0 saturated carbocycles. The van der Waals surface area contributed by atoms with Crippen molar-refractivity contribution >= 4 is 32.6 Å². The molecule has 4 heterocycles. The topological polar surface area (TPSA) is 132 Å². The molecule has 0 spiro atoms. The fourth-order valence-electron chi connectivity index (χ4n) is 6.74. The number of rotatable bonds is 7. The number of aryl methyl sites for hydroxylation is 1. The third-order valence-electron chi connectivity index (χ3n) is 9.48. The summed E-state index contributed by atoms with van der Waals surface area (Å²) >= 11 is 0. The van der Waals surface area contributed by atoms with Crippen molar-refractivity contribution in [3.05, 3.63) is 63.7 Å². The Balaban J connectivity index is 1.55. The van der Waals surface area contributed by atoms with Crippen LogP contribution in [0.4, 0.5) is 19.0 Å². The van der Waals surface area contributed by atoms with Gasteiger partial charge in [-0.05, 0) is 55.5 Å². The minimum atomic E-state index is -4.54. The van der Waals surface area contributed by atoms with Gasteiger partial charge in [0.1, 0.15) is 33.2 Å². The van der Waals surface area contributed by atoms with E-state index in [0.717, 1.165) is 12.1 Å². The minimum absolute atomic E-state index is 0.172. The molecule has 11 nitrogen and oxygen atoms in total. The van der Waals surface area contributed by atoms with Crippen LogP contribution in [0.25, 0.3) is 11.0 Å². The molecular formula is C32H38F3N7O4S. The first-order valence-corrected chi connectivity index (χ1v) is 17.6. The van der Waals surface area contributed by atoms with Gasteiger partial charge in [-0.3, -0.25) is 14.3 Å². The van der Waals surface area contributed by atoms with E-state index in [1.165, 1.54) is 29.0 Å². The number of nitriles is 1. The van der Waals surface area contributed by atoms with E-state index in [1.54, 1.807) is 18.0 Å². The van der Waals surface area contributed by atoms with E-state index in [9.17, 15) is 36.4 Å². The van der Waals surface area contributed by atoms with E-state index in [4.69, 9.17) is 0 Å². The summed E-state index contributed by atoms with van der Waals surface area (Å²) in [5.41, 5.74) is 0.187. The van der Waals surface area contributed by atoms with Crippen molar-refractivity contribution in [2.45, 2.75) is 69.1 Å². The smallest absolute Gasteiger partial charge is 0.349 e. The van der Waals surface area contributed by atoms with Crippen molar-refractivity contribution in [2.24, 2.45) is 7.05 Å². The molecule has 5 rings (SSSR count). The van der Waals surface area contributed by atoms with Crippen LogP contribution in [0.1, 0.15) is 62.4 Å². The highest BCUT2D eigenvalue weighted by Gasteiger charge is 2.43. The molecule has 3 aromatic rings. The molecule has 252 valence electrons. The number of carbonyl (C=O) groups is 1. The fraction of sp³-hybridized carbons (Fsp3) is 0.531. The lowest BCUT2D eigenvalue weighted by molar-refractivity contribution is -0.140. The molecule has 1 amide bonds. The molecule has 15 heteroatoms. The Labute approximate surface area is 271 Å². The second-order valence-corrected chi connectivity index (χ2v) is 14.6. The van der Waals surface area contributed by atoms with Crippen molar-refractivity contribution in [1.82, 2.24) is 24.3 Å². The number of piperazine rings is 1. The number of nitrogens with zero attached hydrogens (tertiary/aromatic N) is 7. The van der Waals surface area contributed by atoms with Crippen molar-refractivity contribution in [2.75, 3.05) is 37.3 Å². The number of carbonyl (C=O) groups excluding carboxylic acids is 1. The Morgan fingerprint density at radius 1 is 1.02 bits per heavy atom. The SMILES string of the molecule is CC[C@H]1CN(C(C(=O)N2CCC(S(C)(=O)=O)CC2)c2ccc(C(F)(F)F)cc2)[C@H](CC)CN1c1nc(=O)n(C)c2ccc(C#N)nc12. The lowest BCUT2D eigenvalue weighted by Gasteiger charge is -2.50. The van der Waals surface area contributed by atoms with Gasteiger partial charge in [-0.1, -0.05) is 26.0 Å². The molecule has 2 aliphatic heterocycles. The lowest BCUT2D eigenvalue weighted by atomic mass is 9.94. The monoisotopic (exact) mass is 673 g/mol. The zero-order valence-corrected chi connectivity index (χ0v) is 27.6. The first-order chi connectivity index (χ1) is 22.2. The summed E-state index contributed by atoms with van der Waals surface area (Å²) in [7, 11) is -1.70. The number of hydrogen-bond donors (Lipinski definition) is 0. The van der Waals surface area contributed by atoms with Crippen LogP contribution in [0.3, 0.4) is 0 Å². The Kier molecular flexibility index (Phi) is 9.66. The normalized spacial score (nSPS) is 20.7. The van der Waals surface area contributed by atoms with E-state index in [1.807, 2.05) is 29.7 Å². The third-order valence-corrected chi connectivity index (χ3v) is 11.2. The summed E-state index contributed by atoms with van der Waals surface area (Å²) in [6, 6.07) is 8.40. The summed E-state index contributed by atoms with van der Waals surface area (Å²) in [5.74, 6) is 0.0429. The quantitative estimate of drug-likeness (QED) is 0.369. The Hall–Kier alpha value is -4.03. The van der Waals surface area contributed by atoms with Gasteiger partial charge in [0, 0.05) is 51.6 Å². The third kappa shape index (κ3) is 6.85. The molecule has 2 aliphatic rings. The molecule has 2 fully saturated rings. The minimum Gasteiger partial charge on any atom is -0.349 e. The second kappa shape index (κ2) is 13.2. The van der Waals surface area contributed by atoms with Gasteiger partial charge >= 0.3 is 11.9 Å². The standard InChI is InChI=1S/C32H38F3N7O4S/c1-5-23-19-42(29-27-26(39(3)31(44)38-29)12-11-22(17-36)37-27)24(6-2)18-41(23)28(20-7-9-21(10-8-20)32(33,34)35)30(43)40-15-13-25(14-16-40)47(4,45)46/h7-12,23-25,28H,5-6,13-16,18-19H2,1-4H3/t23-,24+,28?/m1/s1. The molecule has 0 bridgehead atoms. The highest BCUT2D eigenvalue weighted by molar-refractivity contribution is 7.91. The zero-order chi connectivity index (χ0) is 34.3. The first-order valence-electron chi connectivity index (χ1n) is 15.6.